The van der Waals surface area contributed by atoms with Crippen LogP contribution >= 0.6 is 0 Å². The van der Waals surface area contributed by atoms with Gasteiger partial charge in [0.25, 0.3) is 0 Å². The number of nitrogens with zero attached hydrogens (tertiary/aromatic N) is 2. The molecule has 0 bridgehead atoms. The molecule has 4 nitrogen and oxygen atoms in total. The van der Waals surface area contributed by atoms with Crippen molar-refractivity contribution in [3.63, 3.8) is 0 Å². The van der Waals surface area contributed by atoms with Crippen LogP contribution in [-0.4, -0.2) is 36.7 Å². The molecule has 0 radical (unpaired) electrons. The van der Waals surface area contributed by atoms with E-state index < -0.39 is 0 Å². The third-order valence-electron chi connectivity index (χ3n) is 4.49. The molecule has 1 atom stereocenters. The van der Waals surface area contributed by atoms with Crippen LogP contribution in [0.2, 0.25) is 0 Å². The van der Waals surface area contributed by atoms with Crippen LogP contribution in [0.4, 0.5) is 5.69 Å². The summed E-state index contributed by atoms with van der Waals surface area (Å²) in [6.07, 6.45) is 7.56. The van der Waals surface area contributed by atoms with E-state index in [0.717, 1.165) is 6.67 Å². The number of nitrogens with one attached hydrogen (secondary N) is 2. The van der Waals surface area contributed by atoms with Crippen LogP contribution in [0.1, 0.15) is 17.9 Å². The normalized spacial score (nSPS) is 22.9. The number of likely N-dealkylation sites (tertiary alicyclic amines) is 1. The van der Waals surface area contributed by atoms with Gasteiger partial charge < -0.3 is 20.1 Å². The Bertz CT molecular complexity index is 658. The zero-order valence-electron chi connectivity index (χ0n) is 11.8. The van der Waals surface area contributed by atoms with Crippen molar-refractivity contribution in [3.8, 4) is 0 Å². The molecule has 2 aromatic rings. The van der Waals surface area contributed by atoms with Crippen molar-refractivity contribution in [1.29, 1.82) is 0 Å². The van der Waals surface area contributed by atoms with Crippen molar-refractivity contribution in [3.05, 3.63) is 42.4 Å². The van der Waals surface area contributed by atoms with Gasteiger partial charge in [-0.25, -0.2) is 0 Å². The van der Waals surface area contributed by atoms with Gasteiger partial charge in [-0.05, 0) is 49.7 Å². The van der Waals surface area contributed by atoms with Gasteiger partial charge in [0.15, 0.2) is 0 Å². The minimum atomic E-state index is 0.663. The summed E-state index contributed by atoms with van der Waals surface area (Å²) in [5, 5.41) is 4.60. The van der Waals surface area contributed by atoms with Crippen molar-refractivity contribution < 1.29 is 0 Å². The molecule has 104 valence electrons. The van der Waals surface area contributed by atoms with Gasteiger partial charge in [-0.15, -0.1) is 0 Å². The van der Waals surface area contributed by atoms with Gasteiger partial charge in [-0.3, -0.25) is 0 Å². The van der Waals surface area contributed by atoms with Crippen molar-refractivity contribution in [2.75, 3.05) is 31.7 Å². The lowest BCUT2D eigenvalue weighted by Gasteiger charge is -2.16. The quantitative estimate of drug-likeness (QED) is 0.878. The van der Waals surface area contributed by atoms with Crippen molar-refractivity contribution in [1.82, 2.24) is 15.2 Å². The van der Waals surface area contributed by atoms with E-state index in [2.05, 4.69) is 57.7 Å². The summed E-state index contributed by atoms with van der Waals surface area (Å²) in [6.45, 7) is 3.23. The molecule has 1 fully saturated rings. The number of hydrogen-bond acceptors (Lipinski definition) is 3. The van der Waals surface area contributed by atoms with Gasteiger partial charge in [-0.2, -0.15) is 0 Å². The van der Waals surface area contributed by atoms with Crippen LogP contribution in [-0.2, 0) is 0 Å². The molecular formula is C16H20N4. The molecule has 0 amide bonds. The third-order valence-corrected chi connectivity index (χ3v) is 4.49. The molecule has 20 heavy (non-hydrogen) atoms. The Morgan fingerprint density at radius 1 is 1.30 bits per heavy atom. The predicted octanol–water partition coefficient (Wildman–Crippen LogP) is 2.43. The van der Waals surface area contributed by atoms with Crippen LogP contribution < -0.4 is 10.2 Å². The summed E-state index contributed by atoms with van der Waals surface area (Å²) < 4.78 is 0. The minimum Gasteiger partial charge on any atom is -0.372 e. The second kappa shape index (κ2) is 4.56. The van der Waals surface area contributed by atoms with Gasteiger partial charge in [0.1, 0.15) is 0 Å². The van der Waals surface area contributed by atoms with Gasteiger partial charge in [0, 0.05) is 41.7 Å². The Balaban J connectivity index is 1.74. The number of aromatic amines is 1. The lowest BCUT2D eigenvalue weighted by Crippen LogP contribution is -2.19. The first-order valence-corrected chi connectivity index (χ1v) is 7.27. The summed E-state index contributed by atoms with van der Waals surface area (Å²) in [4.78, 5) is 8.08. The van der Waals surface area contributed by atoms with Crippen LogP contribution in [0.25, 0.3) is 10.9 Å². The Kier molecular flexibility index (Phi) is 2.70. The topological polar surface area (TPSA) is 34.3 Å². The Morgan fingerprint density at radius 2 is 2.25 bits per heavy atom. The number of H-pyrrole nitrogens is 1. The molecule has 2 aliphatic heterocycles. The summed E-state index contributed by atoms with van der Waals surface area (Å²) in [7, 11) is 2.21. The largest absolute Gasteiger partial charge is 0.372 e. The van der Waals surface area contributed by atoms with E-state index in [1.807, 2.05) is 6.20 Å². The fourth-order valence-electron chi connectivity index (χ4n) is 3.36. The van der Waals surface area contributed by atoms with E-state index in [9.17, 15) is 0 Å². The molecular weight excluding hydrogens is 248 g/mol. The Hall–Kier alpha value is -1.94. The number of hydrogen-bond donors (Lipinski definition) is 2. The van der Waals surface area contributed by atoms with Crippen molar-refractivity contribution >= 4 is 16.6 Å². The predicted molar refractivity (Wildman–Crippen MR) is 82.8 cm³/mol. The monoisotopic (exact) mass is 268 g/mol. The number of anilines is 1. The highest BCUT2D eigenvalue weighted by Crippen LogP contribution is 2.34. The zero-order chi connectivity index (χ0) is 13.5. The van der Waals surface area contributed by atoms with Crippen molar-refractivity contribution in [2.45, 2.75) is 12.3 Å². The number of rotatable bonds is 2. The van der Waals surface area contributed by atoms with Gasteiger partial charge in [0.05, 0.1) is 6.67 Å². The first-order chi connectivity index (χ1) is 9.81. The van der Waals surface area contributed by atoms with Crippen LogP contribution in [0, 0.1) is 0 Å². The number of fused-ring (bicyclic) bond motifs is 1. The smallest absolute Gasteiger partial charge is 0.0916 e. The highest BCUT2D eigenvalue weighted by molar-refractivity contribution is 5.87. The molecule has 1 aromatic carbocycles. The molecule has 4 heteroatoms. The van der Waals surface area contributed by atoms with Crippen LogP contribution in [0.15, 0.2) is 36.8 Å². The second-order valence-corrected chi connectivity index (χ2v) is 5.87. The van der Waals surface area contributed by atoms with Crippen molar-refractivity contribution in [2.24, 2.45) is 0 Å². The minimum absolute atomic E-state index is 0.663. The maximum Gasteiger partial charge on any atom is 0.0916 e. The molecule has 2 aliphatic rings. The number of aromatic nitrogens is 1. The van der Waals surface area contributed by atoms with E-state index in [4.69, 9.17) is 0 Å². The average molecular weight is 268 g/mol. The lowest BCUT2D eigenvalue weighted by molar-refractivity contribution is 0.412. The highest BCUT2D eigenvalue weighted by Gasteiger charge is 2.23. The first-order valence-electron chi connectivity index (χ1n) is 7.27. The fourth-order valence-corrected chi connectivity index (χ4v) is 3.36. The number of likely N-dealkylation sites (N-methyl/N-ethyl adjacent to an activating group) is 1. The number of benzene rings is 1. The van der Waals surface area contributed by atoms with Crippen LogP contribution in [0.5, 0.6) is 0 Å². The summed E-state index contributed by atoms with van der Waals surface area (Å²) in [5.41, 5.74) is 3.97. The molecule has 1 unspecified atom stereocenters. The van der Waals surface area contributed by atoms with E-state index in [0.29, 0.717) is 5.92 Å². The van der Waals surface area contributed by atoms with Gasteiger partial charge >= 0.3 is 0 Å². The van der Waals surface area contributed by atoms with Gasteiger partial charge in [-0.1, -0.05) is 0 Å². The third kappa shape index (κ3) is 1.88. The fraction of sp³-hybridized carbons (Fsp3) is 0.375. The molecule has 0 aliphatic carbocycles. The Morgan fingerprint density at radius 3 is 3.00 bits per heavy atom. The standard InChI is InChI=1S/C16H20N4/c1-19-6-4-12(10-19)15-9-18-16-3-2-13(8-14(15)16)20-7-5-17-11-20/h2-3,5,7-9,12,17-18H,4,6,10-11H2,1H3. The Labute approximate surface area is 119 Å². The maximum atomic E-state index is 3.43. The van der Waals surface area contributed by atoms with Gasteiger partial charge in [0.2, 0.25) is 0 Å². The van der Waals surface area contributed by atoms with E-state index in [1.54, 1.807) is 0 Å². The summed E-state index contributed by atoms with van der Waals surface area (Å²) in [6, 6.07) is 6.69. The summed E-state index contributed by atoms with van der Waals surface area (Å²) in [5.74, 6) is 0.663. The first kappa shape index (κ1) is 11.9. The molecule has 2 N–H and O–H groups in total. The van der Waals surface area contributed by atoms with E-state index in [-0.39, 0.29) is 0 Å². The maximum absolute atomic E-state index is 3.43. The highest BCUT2D eigenvalue weighted by atomic mass is 15.2. The molecule has 1 aromatic heterocycles. The van der Waals surface area contributed by atoms with E-state index in [1.165, 1.54) is 41.7 Å². The molecule has 0 spiro atoms. The average Bonchev–Trinajstić information content (AvgIpc) is 3.17. The molecule has 1 saturated heterocycles. The van der Waals surface area contributed by atoms with E-state index >= 15 is 0 Å². The molecule has 0 saturated carbocycles. The van der Waals surface area contributed by atoms with Crippen LogP contribution in [0.3, 0.4) is 0 Å². The zero-order valence-corrected chi connectivity index (χ0v) is 11.8. The molecule has 4 rings (SSSR count). The summed E-state index contributed by atoms with van der Waals surface area (Å²) >= 11 is 0. The SMILES string of the molecule is CN1CCC(c2c[nH]c3ccc(N4C=CNC4)cc23)C1. The lowest BCUT2D eigenvalue weighted by atomic mass is 9.97. The second-order valence-electron chi connectivity index (χ2n) is 5.87. The molecule has 3 heterocycles.